The molecule has 0 radical (unpaired) electrons. The highest BCUT2D eigenvalue weighted by atomic mass is 35.5. The first kappa shape index (κ1) is 19.8. The molecule has 1 aromatic heterocycles. The minimum absolute atomic E-state index is 0.0745. The lowest BCUT2D eigenvalue weighted by Crippen LogP contribution is -2.30. The van der Waals surface area contributed by atoms with Crippen LogP contribution in [0.2, 0.25) is 10.0 Å². The van der Waals surface area contributed by atoms with Crippen LogP contribution in [0.25, 0.3) is 11.3 Å². The first-order valence-corrected chi connectivity index (χ1v) is 10.3. The molecule has 4 rings (SSSR count). The molecule has 1 amide bonds. The number of hydrogen-bond acceptors (Lipinski definition) is 3. The van der Waals surface area contributed by atoms with E-state index in [4.69, 9.17) is 23.2 Å². The SMILES string of the molecule is CCCCN1C(=O)c2[nH]nc(-c3cc(Cl)c(C)cc3O)c2C1c1cccc(Cl)c1. The van der Waals surface area contributed by atoms with Crippen molar-refractivity contribution in [1.82, 2.24) is 15.1 Å². The monoisotopic (exact) mass is 429 g/mol. The Balaban J connectivity index is 1.91. The molecule has 7 heteroatoms. The van der Waals surface area contributed by atoms with Gasteiger partial charge in [0.05, 0.1) is 6.04 Å². The Labute approximate surface area is 179 Å². The predicted molar refractivity (Wildman–Crippen MR) is 115 cm³/mol. The molecule has 0 saturated heterocycles. The Hall–Kier alpha value is -2.50. The molecule has 3 aromatic rings. The highest BCUT2D eigenvalue weighted by Gasteiger charge is 2.42. The molecule has 1 aliphatic heterocycles. The molecule has 1 aliphatic rings. The number of rotatable bonds is 5. The first-order valence-electron chi connectivity index (χ1n) is 9.56. The number of carbonyl (C=O) groups excluding carboxylic acids is 1. The fourth-order valence-electron chi connectivity index (χ4n) is 3.84. The zero-order valence-corrected chi connectivity index (χ0v) is 17.7. The van der Waals surface area contributed by atoms with Gasteiger partial charge in [0.1, 0.15) is 17.1 Å². The molecular weight excluding hydrogens is 409 g/mol. The van der Waals surface area contributed by atoms with Crippen molar-refractivity contribution < 1.29 is 9.90 Å². The highest BCUT2D eigenvalue weighted by molar-refractivity contribution is 6.31. The summed E-state index contributed by atoms with van der Waals surface area (Å²) in [6.07, 6.45) is 1.86. The van der Waals surface area contributed by atoms with Gasteiger partial charge in [0.2, 0.25) is 0 Å². The minimum atomic E-state index is -0.337. The molecule has 1 atom stereocenters. The van der Waals surface area contributed by atoms with Crippen molar-refractivity contribution >= 4 is 29.1 Å². The van der Waals surface area contributed by atoms with Gasteiger partial charge in [-0.1, -0.05) is 48.7 Å². The molecule has 0 aliphatic carbocycles. The van der Waals surface area contributed by atoms with Crippen LogP contribution in [-0.2, 0) is 0 Å². The lowest BCUT2D eigenvalue weighted by molar-refractivity contribution is 0.0741. The van der Waals surface area contributed by atoms with Gasteiger partial charge in [-0.15, -0.1) is 0 Å². The normalized spacial score (nSPS) is 15.8. The van der Waals surface area contributed by atoms with Crippen LogP contribution in [0.15, 0.2) is 36.4 Å². The van der Waals surface area contributed by atoms with Gasteiger partial charge in [-0.05, 0) is 48.7 Å². The number of hydrogen-bond donors (Lipinski definition) is 2. The van der Waals surface area contributed by atoms with E-state index in [0.29, 0.717) is 33.5 Å². The fourth-order valence-corrected chi connectivity index (χ4v) is 4.20. The van der Waals surface area contributed by atoms with Crippen molar-refractivity contribution in [2.75, 3.05) is 6.54 Å². The van der Waals surface area contributed by atoms with Gasteiger partial charge in [0.25, 0.3) is 5.91 Å². The third-order valence-electron chi connectivity index (χ3n) is 5.31. The minimum Gasteiger partial charge on any atom is -0.507 e. The van der Waals surface area contributed by atoms with Gasteiger partial charge in [-0.3, -0.25) is 9.89 Å². The van der Waals surface area contributed by atoms with E-state index in [-0.39, 0.29) is 17.7 Å². The summed E-state index contributed by atoms with van der Waals surface area (Å²) < 4.78 is 0. The summed E-state index contributed by atoms with van der Waals surface area (Å²) in [7, 11) is 0. The van der Waals surface area contributed by atoms with Crippen LogP contribution in [0.1, 0.15) is 53.0 Å². The summed E-state index contributed by atoms with van der Waals surface area (Å²) >= 11 is 12.6. The number of aryl methyl sites for hydroxylation is 1. The second-order valence-corrected chi connectivity index (χ2v) is 8.13. The number of aromatic nitrogens is 2. The molecule has 2 N–H and O–H groups in total. The molecule has 2 heterocycles. The Bertz CT molecular complexity index is 1090. The molecule has 29 heavy (non-hydrogen) atoms. The average molecular weight is 430 g/mol. The van der Waals surface area contributed by atoms with E-state index < -0.39 is 0 Å². The van der Waals surface area contributed by atoms with Gasteiger partial charge >= 0.3 is 0 Å². The predicted octanol–water partition coefficient (Wildman–Crippen LogP) is 5.74. The third kappa shape index (κ3) is 3.38. The van der Waals surface area contributed by atoms with E-state index in [1.54, 1.807) is 18.2 Å². The zero-order valence-electron chi connectivity index (χ0n) is 16.2. The number of carbonyl (C=O) groups is 1. The molecule has 0 spiro atoms. The summed E-state index contributed by atoms with van der Waals surface area (Å²) in [5.74, 6) is -0.0274. The third-order valence-corrected chi connectivity index (χ3v) is 5.96. The molecule has 5 nitrogen and oxygen atoms in total. The number of phenolic OH excluding ortho intramolecular Hbond substituents is 1. The molecular formula is C22H21Cl2N3O2. The number of aromatic amines is 1. The van der Waals surface area contributed by atoms with E-state index >= 15 is 0 Å². The largest absolute Gasteiger partial charge is 0.507 e. The lowest BCUT2D eigenvalue weighted by atomic mass is 9.95. The number of halogens is 2. The molecule has 0 saturated carbocycles. The zero-order chi connectivity index (χ0) is 20.7. The standard InChI is InChI=1S/C22H21Cl2N3O2/c1-3-4-8-27-21(13-6-5-7-14(23)10-13)18-19(25-26-20(18)22(27)29)15-11-16(24)12(2)9-17(15)28/h5-7,9-11,21,28H,3-4,8H2,1-2H3,(H,25,26). The summed E-state index contributed by atoms with van der Waals surface area (Å²) in [4.78, 5) is 15.0. The molecule has 1 unspecified atom stereocenters. The van der Waals surface area contributed by atoms with Crippen molar-refractivity contribution in [2.24, 2.45) is 0 Å². The first-order chi connectivity index (χ1) is 13.9. The maximum Gasteiger partial charge on any atom is 0.273 e. The van der Waals surface area contributed by atoms with Gasteiger partial charge in [0.15, 0.2) is 0 Å². The second kappa shape index (κ2) is 7.73. The van der Waals surface area contributed by atoms with E-state index in [1.807, 2.05) is 30.0 Å². The van der Waals surface area contributed by atoms with E-state index in [9.17, 15) is 9.90 Å². The number of amides is 1. The smallest absolute Gasteiger partial charge is 0.273 e. The van der Waals surface area contributed by atoms with Crippen molar-refractivity contribution in [3.63, 3.8) is 0 Å². The van der Waals surface area contributed by atoms with E-state index in [1.165, 1.54) is 0 Å². The van der Waals surface area contributed by atoms with Crippen LogP contribution in [0.5, 0.6) is 5.75 Å². The van der Waals surface area contributed by atoms with Gasteiger partial charge < -0.3 is 10.0 Å². The number of nitrogens with zero attached hydrogens (tertiary/aromatic N) is 2. The number of H-pyrrole nitrogens is 1. The van der Waals surface area contributed by atoms with Gasteiger partial charge in [-0.25, -0.2) is 0 Å². The quantitative estimate of drug-likeness (QED) is 0.542. The van der Waals surface area contributed by atoms with Crippen LogP contribution >= 0.6 is 23.2 Å². The summed E-state index contributed by atoms with van der Waals surface area (Å²) in [6, 6.07) is 10.5. The van der Waals surface area contributed by atoms with Crippen LogP contribution in [0, 0.1) is 6.92 Å². The summed E-state index contributed by atoms with van der Waals surface area (Å²) in [5.41, 5.74) is 3.88. The highest BCUT2D eigenvalue weighted by Crippen LogP contribution is 2.45. The average Bonchev–Trinajstić information content (AvgIpc) is 3.22. The number of fused-ring (bicyclic) bond motifs is 1. The fraction of sp³-hybridized carbons (Fsp3) is 0.273. The van der Waals surface area contributed by atoms with Crippen molar-refractivity contribution in [2.45, 2.75) is 32.7 Å². The topological polar surface area (TPSA) is 69.2 Å². The van der Waals surface area contributed by atoms with E-state index in [2.05, 4.69) is 17.1 Å². The van der Waals surface area contributed by atoms with Gasteiger partial charge in [0, 0.05) is 27.7 Å². The summed E-state index contributed by atoms with van der Waals surface area (Å²) in [5, 5.41) is 19.0. The Morgan fingerprint density at radius 2 is 2.03 bits per heavy atom. The lowest BCUT2D eigenvalue weighted by Gasteiger charge is -2.26. The Morgan fingerprint density at radius 3 is 2.76 bits per heavy atom. The Kier molecular flexibility index (Phi) is 5.28. The number of benzene rings is 2. The van der Waals surface area contributed by atoms with Crippen molar-refractivity contribution in [3.8, 4) is 17.0 Å². The number of unbranched alkanes of at least 4 members (excludes halogenated alkanes) is 1. The van der Waals surface area contributed by atoms with Crippen molar-refractivity contribution in [1.29, 1.82) is 0 Å². The van der Waals surface area contributed by atoms with Gasteiger partial charge in [-0.2, -0.15) is 5.10 Å². The maximum atomic E-state index is 13.2. The second-order valence-electron chi connectivity index (χ2n) is 7.29. The van der Waals surface area contributed by atoms with Crippen LogP contribution in [0.4, 0.5) is 0 Å². The molecule has 150 valence electrons. The number of phenols is 1. The Morgan fingerprint density at radius 1 is 1.24 bits per heavy atom. The van der Waals surface area contributed by atoms with E-state index in [0.717, 1.165) is 29.5 Å². The van der Waals surface area contributed by atoms with Crippen molar-refractivity contribution in [3.05, 3.63) is 68.8 Å². The number of nitrogens with one attached hydrogen (secondary N) is 1. The maximum absolute atomic E-state index is 13.2. The summed E-state index contributed by atoms with van der Waals surface area (Å²) in [6.45, 7) is 4.54. The van der Waals surface area contributed by atoms with Crippen LogP contribution in [0.3, 0.4) is 0 Å². The molecule has 2 aromatic carbocycles. The number of aromatic hydroxyl groups is 1. The van der Waals surface area contributed by atoms with Crippen LogP contribution < -0.4 is 0 Å². The molecule has 0 bridgehead atoms. The van der Waals surface area contributed by atoms with Crippen LogP contribution in [-0.4, -0.2) is 32.7 Å². The molecule has 0 fully saturated rings.